The average molecular weight is 363 g/mol. The summed E-state index contributed by atoms with van der Waals surface area (Å²) in [5.41, 5.74) is 3.96. The van der Waals surface area contributed by atoms with E-state index in [9.17, 15) is 15.2 Å². The number of nitriles is 1. The van der Waals surface area contributed by atoms with Crippen molar-refractivity contribution in [1.82, 2.24) is 9.78 Å². The van der Waals surface area contributed by atoms with Crippen LogP contribution in [0.5, 0.6) is 0 Å². The molecule has 1 aromatic heterocycles. The zero-order chi connectivity index (χ0) is 19.0. The number of hydrogen-bond acceptors (Lipinski definition) is 5. The van der Waals surface area contributed by atoms with Gasteiger partial charge < -0.3 is 10.4 Å². The van der Waals surface area contributed by atoms with E-state index in [-0.39, 0.29) is 6.04 Å². The lowest BCUT2D eigenvalue weighted by molar-refractivity contribution is 0.0696. The molecule has 2 N–H and O–H groups in total. The summed E-state index contributed by atoms with van der Waals surface area (Å²) >= 11 is 0. The molecule has 7 nitrogen and oxygen atoms in total. The van der Waals surface area contributed by atoms with Gasteiger partial charge in [0.05, 0.1) is 36.3 Å². The van der Waals surface area contributed by atoms with Crippen LogP contribution in [0.4, 0.5) is 11.5 Å². The molecule has 27 heavy (non-hydrogen) atoms. The number of aryl methyl sites for hydroxylation is 1. The third-order valence-corrected chi connectivity index (χ3v) is 5.28. The Morgan fingerprint density at radius 3 is 2.96 bits per heavy atom. The molecule has 1 unspecified atom stereocenters. The number of carboxylic acid groups (broad SMARTS) is 1. The van der Waals surface area contributed by atoms with Gasteiger partial charge in [0.25, 0.3) is 0 Å². The summed E-state index contributed by atoms with van der Waals surface area (Å²) < 4.78 is 2.03. The van der Waals surface area contributed by atoms with E-state index < -0.39 is 5.97 Å². The number of anilines is 2. The molecule has 0 bridgehead atoms. The van der Waals surface area contributed by atoms with Crippen LogP contribution in [0.15, 0.2) is 23.2 Å². The summed E-state index contributed by atoms with van der Waals surface area (Å²) in [6.45, 7) is 2.34. The number of benzene rings is 1. The molecule has 0 saturated heterocycles. The monoisotopic (exact) mass is 363 g/mol. The Bertz CT molecular complexity index is 965. The fourth-order valence-corrected chi connectivity index (χ4v) is 3.71. The number of aliphatic imine (C=N–C) groups is 1. The summed E-state index contributed by atoms with van der Waals surface area (Å²) in [5, 5.41) is 26.6. The van der Waals surface area contributed by atoms with Gasteiger partial charge in [0, 0.05) is 23.9 Å². The second-order valence-electron chi connectivity index (χ2n) is 7.17. The van der Waals surface area contributed by atoms with Crippen molar-refractivity contribution in [2.24, 2.45) is 10.9 Å². The number of aromatic carboxylic acids is 1. The minimum Gasteiger partial charge on any atom is -0.478 e. The number of hydrogen-bond donors (Lipinski definition) is 2. The van der Waals surface area contributed by atoms with Crippen LogP contribution < -0.4 is 5.32 Å². The van der Waals surface area contributed by atoms with Crippen LogP contribution in [0.2, 0.25) is 0 Å². The number of carboxylic acids is 1. The molecule has 2 heterocycles. The molecule has 0 radical (unpaired) electrons. The Balaban J connectivity index is 1.68. The van der Waals surface area contributed by atoms with Gasteiger partial charge in [-0.3, -0.25) is 9.67 Å². The SMILES string of the molecule is Cc1cc(Nc2nn(C(CC#N)C3CC3)c3c2CN=CC3)ccc1C(=O)O. The van der Waals surface area contributed by atoms with Crippen LogP contribution in [0.1, 0.15) is 52.5 Å². The molecule has 2 aliphatic rings. The maximum Gasteiger partial charge on any atom is 0.335 e. The number of nitrogens with one attached hydrogen (secondary N) is 1. The Morgan fingerprint density at radius 2 is 2.30 bits per heavy atom. The lowest BCUT2D eigenvalue weighted by Gasteiger charge is -2.17. The van der Waals surface area contributed by atoms with Crippen LogP contribution in [-0.2, 0) is 13.0 Å². The molecule has 0 amide bonds. The van der Waals surface area contributed by atoms with Crippen LogP contribution >= 0.6 is 0 Å². The Hall–Kier alpha value is -3.14. The van der Waals surface area contributed by atoms with E-state index in [0.717, 1.165) is 42.0 Å². The lowest BCUT2D eigenvalue weighted by atomic mass is 10.1. The molecule has 0 spiro atoms. The van der Waals surface area contributed by atoms with E-state index in [0.29, 0.717) is 30.0 Å². The third kappa shape index (κ3) is 3.31. The van der Waals surface area contributed by atoms with Gasteiger partial charge in [0.2, 0.25) is 0 Å². The van der Waals surface area contributed by atoms with Crippen molar-refractivity contribution in [3.05, 3.63) is 40.6 Å². The molecule has 1 saturated carbocycles. The van der Waals surface area contributed by atoms with Gasteiger partial charge in [-0.15, -0.1) is 0 Å². The number of fused-ring (bicyclic) bond motifs is 1. The molecule has 1 atom stereocenters. The number of nitrogens with zero attached hydrogens (tertiary/aromatic N) is 4. The van der Waals surface area contributed by atoms with E-state index in [4.69, 9.17) is 5.10 Å². The van der Waals surface area contributed by atoms with E-state index >= 15 is 0 Å². The topological polar surface area (TPSA) is 103 Å². The summed E-state index contributed by atoms with van der Waals surface area (Å²) in [4.78, 5) is 15.6. The molecule has 7 heteroatoms. The lowest BCUT2D eigenvalue weighted by Crippen LogP contribution is -2.17. The number of rotatable bonds is 6. The third-order valence-electron chi connectivity index (χ3n) is 5.28. The number of carbonyl (C=O) groups is 1. The van der Waals surface area contributed by atoms with Gasteiger partial charge in [0.1, 0.15) is 0 Å². The van der Waals surface area contributed by atoms with E-state index in [1.54, 1.807) is 19.1 Å². The van der Waals surface area contributed by atoms with Gasteiger partial charge in [0.15, 0.2) is 5.82 Å². The largest absolute Gasteiger partial charge is 0.478 e. The second kappa shape index (κ2) is 6.88. The van der Waals surface area contributed by atoms with Crippen molar-refractivity contribution in [1.29, 1.82) is 5.26 Å². The highest BCUT2D eigenvalue weighted by Crippen LogP contribution is 2.43. The van der Waals surface area contributed by atoms with Crippen LogP contribution in [0.3, 0.4) is 0 Å². The Morgan fingerprint density at radius 1 is 1.48 bits per heavy atom. The molecular weight excluding hydrogens is 342 g/mol. The average Bonchev–Trinajstić information content (AvgIpc) is 3.43. The standard InChI is InChI=1S/C20H21N5O2/c1-12-10-14(4-5-15(12)20(26)27)23-19-16-11-22-9-7-18(16)25(24-19)17(6-8-21)13-2-3-13/h4-5,9-10,13,17H,2-3,6-7,11H2,1H3,(H,23,24)(H,26,27). The van der Waals surface area contributed by atoms with Crippen molar-refractivity contribution in [3.63, 3.8) is 0 Å². The number of aromatic nitrogens is 2. The minimum atomic E-state index is -0.932. The van der Waals surface area contributed by atoms with Crippen LogP contribution in [0.25, 0.3) is 0 Å². The van der Waals surface area contributed by atoms with Crippen LogP contribution in [-0.4, -0.2) is 27.1 Å². The maximum atomic E-state index is 11.2. The first-order valence-corrected chi connectivity index (χ1v) is 9.15. The molecule has 1 fully saturated rings. The molecule has 138 valence electrons. The first-order chi connectivity index (χ1) is 13.1. The molecule has 1 aliphatic carbocycles. The van der Waals surface area contributed by atoms with Crippen molar-refractivity contribution >= 4 is 23.7 Å². The normalized spacial score (nSPS) is 16.4. The van der Waals surface area contributed by atoms with Crippen molar-refractivity contribution in [2.45, 2.75) is 45.2 Å². The summed E-state index contributed by atoms with van der Waals surface area (Å²) in [6, 6.07) is 7.59. The zero-order valence-corrected chi connectivity index (χ0v) is 15.1. The minimum absolute atomic E-state index is 0.113. The Labute approximate surface area is 157 Å². The van der Waals surface area contributed by atoms with Crippen molar-refractivity contribution in [3.8, 4) is 6.07 Å². The van der Waals surface area contributed by atoms with E-state index in [1.165, 1.54) is 0 Å². The molecule has 2 aromatic rings. The van der Waals surface area contributed by atoms with Gasteiger partial charge in [-0.1, -0.05) is 0 Å². The molecule has 4 rings (SSSR count). The van der Waals surface area contributed by atoms with Gasteiger partial charge >= 0.3 is 5.97 Å². The van der Waals surface area contributed by atoms with Crippen molar-refractivity contribution < 1.29 is 9.90 Å². The fourth-order valence-electron chi connectivity index (χ4n) is 3.71. The highest BCUT2D eigenvalue weighted by atomic mass is 16.4. The zero-order valence-electron chi connectivity index (χ0n) is 15.1. The van der Waals surface area contributed by atoms with E-state index in [2.05, 4.69) is 16.4 Å². The second-order valence-corrected chi connectivity index (χ2v) is 7.17. The summed E-state index contributed by atoms with van der Waals surface area (Å²) in [6.07, 6.45) is 5.38. The first kappa shape index (κ1) is 17.3. The smallest absolute Gasteiger partial charge is 0.335 e. The van der Waals surface area contributed by atoms with Crippen molar-refractivity contribution in [2.75, 3.05) is 5.32 Å². The highest BCUT2D eigenvalue weighted by Gasteiger charge is 2.35. The molecule has 1 aliphatic heterocycles. The van der Waals surface area contributed by atoms with Gasteiger partial charge in [-0.2, -0.15) is 10.4 Å². The predicted molar refractivity (Wildman–Crippen MR) is 102 cm³/mol. The molecular formula is C20H21N5O2. The van der Waals surface area contributed by atoms with Gasteiger partial charge in [-0.05, 0) is 49.4 Å². The maximum absolute atomic E-state index is 11.2. The van der Waals surface area contributed by atoms with E-state index in [1.807, 2.05) is 17.0 Å². The first-order valence-electron chi connectivity index (χ1n) is 9.15. The highest BCUT2D eigenvalue weighted by molar-refractivity contribution is 5.90. The summed E-state index contributed by atoms with van der Waals surface area (Å²) in [7, 11) is 0. The van der Waals surface area contributed by atoms with Gasteiger partial charge in [-0.25, -0.2) is 4.79 Å². The Kier molecular flexibility index (Phi) is 4.40. The summed E-state index contributed by atoms with van der Waals surface area (Å²) in [5.74, 6) is 0.337. The predicted octanol–water partition coefficient (Wildman–Crippen LogP) is 3.63. The fraction of sp³-hybridized carbons (Fsp3) is 0.400. The van der Waals surface area contributed by atoms with Crippen LogP contribution in [0, 0.1) is 24.2 Å². The quantitative estimate of drug-likeness (QED) is 0.816. The molecule has 1 aromatic carbocycles.